The fourth-order valence-corrected chi connectivity index (χ4v) is 2.34. The van der Waals surface area contributed by atoms with Crippen LogP contribution in [0.5, 0.6) is 0 Å². The molecule has 1 unspecified atom stereocenters. The molecule has 1 heterocycles. The van der Waals surface area contributed by atoms with Crippen molar-refractivity contribution in [3.63, 3.8) is 0 Å². The number of benzene rings is 1. The molecule has 2 nitrogen and oxygen atoms in total. The Balaban J connectivity index is 0.000000386. The predicted octanol–water partition coefficient (Wildman–Crippen LogP) is 3.08. The summed E-state index contributed by atoms with van der Waals surface area (Å²) in [6.07, 6.45) is 2.32. The summed E-state index contributed by atoms with van der Waals surface area (Å²) in [5.41, 5.74) is 6.96. The molecule has 0 aromatic heterocycles. The molecule has 0 saturated carbocycles. The van der Waals surface area contributed by atoms with E-state index in [9.17, 15) is 0 Å². The molecule has 2 rings (SSSR count). The summed E-state index contributed by atoms with van der Waals surface area (Å²) in [6, 6.07) is 10.5. The van der Waals surface area contributed by atoms with Gasteiger partial charge < -0.3 is 5.73 Å². The number of nitrogens with zero attached hydrogens (tertiary/aromatic N) is 1. The highest BCUT2D eigenvalue weighted by molar-refractivity contribution is 8.14. The molecule has 0 saturated heterocycles. The lowest BCUT2D eigenvalue weighted by Gasteiger charge is -2.06. The van der Waals surface area contributed by atoms with Crippen LogP contribution in [0.3, 0.4) is 0 Å². The number of rotatable bonds is 2. The van der Waals surface area contributed by atoms with Crippen LogP contribution >= 0.6 is 11.8 Å². The van der Waals surface area contributed by atoms with Gasteiger partial charge in [0.25, 0.3) is 0 Å². The van der Waals surface area contributed by atoms with Crippen LogP contribution in [0.15, 0.2) is 35.3 Å². The molecule has 1 aliphatic heterocycles. The van der Waals surface area contributed by atoms with Crippen molar-refractivity contribution < 1.29 is 0 Å². The van der Waals surface area contributed by atoms with Gasteiger partial charge in [-0.2, -0.15) is 0 Å². The minimum absolute atomic E-state index is 0.544. The second-order valence-electron chi connectivity index (χ2n) is 3.82. The molecule has 3 heteroatoms. The minimum Gasteiger partial charge on any atom is -0.379 e. The SMILES string of the molecule is CCC.NC1=NCC(Cc2ccccc2)S1. The number of aliphatic imine (C=N–C) groups is 1. The van der Waals surface area contributed by atoms with E-state index in [2.05, 4.69) is 43.1 Å². The molecule has 1 aromatic carbocycles. The number of thioether (sulfide) groups is 1. The minimum atomic E-state index is 0.544. The van der Waals surface area contributed by atoms with Crippen molar-refractivity contribution in [2.45, 2.75) is 31.9 Å². The Kier molecular flexibility index (Phi) is 6.01. The topological polar surface area (TPSA) is 38.4 Å². The van der Waals surface area contributed by atoms with Crippen LogP contribution in [0, 0.1) is 0 Å². The van der Waals surface area contributed by atoms with Gasteiger partial charge in [0, 0.05) is 5.25 Å². The Morgan fingerprint density at radius 1 is 1.31 bits per heavy atom. The van der Waals surface area contributed by atoms with Crippen LogP contribution in [0.1, 0.15) is 25.8 Å². The maximum atomic E-state index is 5.59. The van der Waals surface area contributed by atoms with Crippen LogP contribution in [0.25, 0.3) is 0 Å². The number of amidine groups is 1. The van der Waals surface area contributed by atoms with Crippen LogP contribution < -0.4 is 5.73 Å². The maximum Gasteiger partial charge on any atom is 0.154 e. The molecule has 0 aliphatic carbocycles. The number of nitrogens with two attached hydrogens (primary N) is 1. The molecule has 0 bridgehead atoms. The predicted molar refractivity (Wildman–Crippen MR) is 74.0 cm³/mol. The van der Waals surface area contributed by atoms with E-state index in [-0.39, 0.29) is 0 Å². The van der Waals surface area contributed by atoms with Gasteiger partial charge >= 0.3 is 0 Å². The first-order chi connectivity index (χ1) is 7.76. The highest BCUT2D eigenvalue weighted by Crippen LogP contribution is 2.21. The molecule has 1 aromatic rings. The molecule has 0 radical (unpaired) electrons. The molecular weight excluding hydrogens is 216 g/mol. The highest BCUT2D eigenvalue weighted by Gasteiger charge is 2.17. The van der Waals surface area contributed by atoms with Crippen LogP contribution in [-0.2, 0) is 6.42 Å². The van der Waals surface area contributed by atoms with Crippen molar-refractivity contribution >= 4 is 16.9 Å². The normalized spacial score (nSPS) is 18.6. The van der Waals surface area contributed by atoms with E-state index in [1.54, 1.807) is 11.8 Å². The first kappa shape index (κ1) is 13.1. The second kappa shape index (κ2) is 7.34. The molecule has 0 fully saturated rings. The molecule has 2 N–H and O–H groups in total. The third-order valence-corrected chi connectivity index (χ3v) is 3.06. The van der Waals surface area contributed by atoms with E-state index >= 15 is 0 Å². The summed E-state index contributed by atoms with van der Waals surface area (Å²) >= 11 is 1.69. The smallest absolute Gasteiger partial charge is 0.154 e. The first-order valence-corrected chi connectivity index (χ1v) is 6.64. The molecular formula is C13H20N2S. The zero-order valence-corrected chi connectivity index (χ0v) is 10.8. The Hall–Kier alpha value is -0.960. The Labute approximate surface area is 102 Å². The zero-order valence-electron chi connectivity index (χ0n) is 10.0. The van der Waals surface area contributed by atoms with E-state index in [1.165, 1.54) is 12.0 Å². The van der Waals surface area contributed by atoms with Crippen molar-refractivity contribution in [1.82, 2.24) is 0 Å². The third kappa shape index (κ3) is 4.71. The standard InChI is InChI=1S/C10H12N2S.C3H8/c11-10-12-7-9(13-10)6-8-4-2-1-3-5-8;1-3-2/h1-5,9H,6-7H2,(H2,11,12);3H2,1-2H3. The monoisotopic (exact) mass is 236 g/mol. The van der Waals surface area contributed by atoms with Gasteiger partial charge in [-0.15, -0.1) is 0 Å². The summed E-state index contributed by atoms with van der Waals surface area (Å²) in [7, 11) is 0. The average Bonchev–Trinajstić information content (AvgIpc) is 2.67. The quantitative estimate of drug-likeness (QED) is 0.857. The van der Waals surface area contributed by atoms with Gasteiger partial charge in [0.1, 0.15) is 0 Å². The van der Waals surface area contributed by atoms with Gasteiger partial charge in [-0.1, -0.05) is 62.4 Å². The van der Waals surface area contributed by atoms with Crippen LogP contribution in [-0.4, -0.2) is 17.0 Å². The lowest BCUT2D eigenvalue weighted by Crippen LogP contribution is -2.09. The van der Waals surface area contributed by atoms with E-state index in [0.29, 0.717) is 5.25 Å². The number of hydrogen-bond acceptors (Lipinski definition) is 3. The van der Waals surface area contributed by atoms with Gasteiger partial charge in [-0.3, -0.25) is 4.99 Å². The van der Waals surface area contributed by atoms with Crippen molar-refractivity contribution in [2.75, 3.05) is 6.54 Å². The summed E-state index contributed by atoms with van der Waals surface area (Å²) < 4.78 is 0. The van der Waals surface area contributed by atoms with Crippen molar-refractivity contribution in [1.29, 1.82) is 0 Å². The van der Waals surface area contributed by atoms with Gasteiger partial charge in [-0.05, 0) is 12.0 Å². The third-order valence-electron chi connectivity index (χ3n) is 2.04. The fourth-order valence-electron chi connectivity index (χ4n) is 1.42. The molecule has 0 amide bonds. The Bertz CT molecular complexity index is 322. The zero-order chi connectivity index (χ0) is 11.8. The summed E-state index contributed by atoms with van der Waals surface area (Å²) in [5, 5.41) is 1.28. The molecule has 1 atom stereocenters. The van der Waals surface area contributed by atoms with E-state index in [0.717, 1.165) is 18.1 Å². The largest absolute Gasteiger partial charge is 0.379 e. The van der Waals surface area contributed by atoms with Gasteiger partial charge in [-0.25, -0.2) is 0 Å². The Morgan fingerprint density at radius 2 is 1.94 bits per heavy atom. The fraction of sp³-hybridized carbons (Fsp3) is 0.462. The maximum absolute atomic E-state index is 5.59. The van der Waals surface area contributed by atoms with E-state index in [1.807, 2.05) is 6.07 Å². The lowest BCUT2D eigenvalue weighted by atomic mass is 10.1. The summed E-state index contributed by atoms with van der Waals surface area (Å²) in [4.78, 5) is 4.17. The molecule has 1 aliphatic rings. The van der Waals surface area contributed by atoms with Crippen LogP contribution in [0.4, 0.5) is 0 Å². The summed E-state index contributed by atoms with van der Waals surface area (Å²) in [5.74, 6) is 0. The highest BCUT2D eigenvalue weighted by atomic mass is 32.2. The lowest BCUT2D eigenvalue weighted by molar-refractivity contribution is 0.870. The molecule has 88 valence electrons. The Morgan fingerprint density at radius 3 is 2.44 bits per heavy atom. The van der Waals surface area contributed by atoms with Gasteiger partial charge in [0.15, 0.2) is 5.17 Å². The van der Waals surface area contributed by atoms with Crippen molar-refractivity contribution in [2.24, 2.45) is 10.7 Å². The molecule has 0 spiro atoms. The molecule has 16 heavy (non-hydrogen) atoms. The van der Waals surface area contributed by atoms with E-state index < -0.39 is 0 Å². The van der Waals surface area contributed by atoms with Crippen molar-refractivity contribution in [3.8, 4) is 0 Å². The van der Waals surface area contributed by atoms with E-state index in [4.69, 9.17) is 5.73 Å². The first-order valence-electron chi connectivity index (χ1n) is 5.76. The van der Waals surface area contributed by atoms with Gasteiger partial charge in [0.05, 0.1) is 6.54 Å². The van der Waals surface area contributed by atoms with Gasteiger partial charge in [0.2, 0.25) is 0 Å². The average molecular weight is 236 g/mol. The summed E-state index contributed by atoms with van der Waals surface area (Å²) in [6.45, 7) is 5.12. The van der Waals surface area contributed by atoms with Crippen LogP contribution in [0.2, 0.25) is 0 Å². The number of hydrogen-bond donors (Lipinski definition) is 1. The van der Waals surface area contributed by atoms with Crippen molar-refractivity contribution in [3.05, 3.63) is 35.9 Å². The second-order valence-corrected chi connectivity index (χ2v) is 5.14.